The average molecular weight is 217 g/mol. The summed E-state index contributed by atoms with van der Waals surface area (Å²) in [7, 11) is 0. The van der Waals surface area contributed by atoms with Crippen molar-refractivity contribution in [3.8, 4) is 0 Å². The molecule has 2 unspecified atom stereocenters. The second kappa shape index (κ2) is 4.15. The minimum atomic E-state index is 0.749. The molecule has 2 aliphatic rings. The van der Waals surface area contributed by atoms with Crippen LogP contribution < -0.4 is 5.32 Å². The molecule has 2 atom stereocenters. The highest BCUT2D eigenvalue weighted by Crippen LogP contribution is 2.28. The molecule has 1 N–H and O–H groups in total. The summed E-state index contributed by atoms with van der Waals surface area (Å²) in [6, 6.07) is 3.76. The zero-order valence-corrected chi connectivity index (χ0v) is 9.82. The van der Waals surface area contributed by atoms with Crippen molar-refractivity contribution in [2.75, 3.05) is 13.1 Å². The van der Waals surface area contributed by atoms with Gasteiger partial charge in [-0.1, -0.05) is 6.07 Å². The van der Waals surface area contributed by atoms with E-state index in [2.05, 4.69) is 28.2 Å². The summed E-state index contributed by atoms with van der Waals surface area (Å²) >= 11 is 0. The second-order valence-electron chi connectivity index (χ2n) is 5.09. The Labute approximate surface area is 96.9 Å². The molecule has 2 saturated heterocycles. The zero-order valence-electron chi connectivity index (χ0n) is 9.82. The third-order valence-electron chi connectivity index (χ3n) is 3.83. The molecule has 2 aliphatic heterocycles. The van der Waals surface area contributed by atoms with Gasteiger partial charge in [-0.25, -0.2) is 0 Å². The Morgan fingerprint density at radius 2 is 2.06 bits per heavy atom. The molecule has 0 radical (unpaired) electrons. The molecule has 16 heavy (non-hydrogen) atoms. The van der Waals surface area contributed by atoms with Gasteiger partial charge in [0.2, 0.25) is 0 Å². The standard InChI is InChI=1S/C13H19N3/c1-10-4-11(6-14-5-10)9-16-12-2-3-13(16)8-15-7-12/h4-6,12-13,15H,2-3,7-9H2,1H3. The van der Waals surface area contributed by atoms with Crippen LogP contribution in [0.3, 0.4) is 0 Å². The van der Waals surface area contributed by atoms with Gasteiger partial charge in [-0.3, -0.25) is 9.88 Å². The van der Waals surface area contributed by atoms with Crippen LogP contribution in [0.1, 0.15) is 24.0 Å². The Bertz CT molecular complexity index is 361. The number of aromatic nitrogens is 1. The van der Waals surface area contributed by atoms with Crippen molar-refractivity contribution in [2.24, 2.45) is 0 Å². The van der Waals surface area contributed by atoms with Gasteiger partial charge in [0.05, 0.1) is 0 Å². The SMILES string of the molecule is Cc1cncc(CN2C3CCC2CNC3)c1. The van der Waals surface area contributed by atoms with Crippen LogP contribution in [0.2, 0.25) is 0 Å². The fourth-order valence-electron chi connectivity index (χ4n) is 3.04. The fourth-order valence-corrected chi connectivity index (χ4v) is 3.04. The second-order valence-corrected chi connectivity index (χ2v) is 5.09. The summed E-state index contributed by atoms with van der Waals surface area (Å²) in [5, 5.41) is 3.52. The van der Waals surface area contributed by atoms with Gasteiger partial charge in [-0.05, 0) is 30.9 Å². The molecule has 0 amide bonds. The first-order valence-electron chi connectivity index (χ1n) is 6.20. The number of hydrogen-bond acceptors (Lipinski definition) is 3. The van der Waals surface area contributed by atoms with Crippen LogP contribution in [0.15, 0.2) is 18.5 Å². The highest BCUT2D eigenvalue weighted by atomic mass is 15.3. The van der Waals surface area contributed by atoms with Crippen molar-refractivity contribution >= 4 is 0 Å². The number of hydrogen-bond donors (Lipinski definition) is 1. The Morgan fingerprint density at radius 3 is 2.75 bits per heavy atom. The lowest BCUT2D eigenvalue weighted by Crippen LogP contribution is -2.51. The Balaban J connectivity index is 1.75. The molecule has 0 saturated carbocycles. The van der Waals surface area contributed by atoms with Crippen LogP contribution in [0.25, 0.3) is 0 Å². The van der Waals surface area contributed by atoms with Crippen molar-refractivity contribution in [3.05, 3.63) is 29.6 Å². The predicted molar refractivity (Wildman–Crippen MR) is 64.2 cm³/mol. The lowest BCUT2D eigenvalue weighted by molar-refractivity contribution is 0.145. The van der Waals surface area contributed by atoms with Crippen LogP contribution in [-0.2, 0) is 6.54 Å². The summed E-state index contributed by atoms with van der Waals surface area (Å²) in [6.07, 6.45) is 6.65. The van der Waals surface area contributed by atoms with Gasteiger partial charge in [-0.2, -0.15) is 0 Å². The van der Waals surface area contributed by atoms with E-state index >= 15 is 0 Å². The largest absolute Gasteiger partial charge is 0.314 e. The normalized spacial score (nSPS) is 29.6. The first kappa shape index (κ1) is 10.2. The minimum Gasteiger partial charge on any atom is -0.314 e. The maximum atomic E-state index is 4.28. The molecule has 0 aromatic carbocycles. The van der Waals surface area contributed by atoms with E-state index in [1.54, 1.807) is 0 Å². The van der Waals surface area contributed by atoms with Crippen LogP contribution in [0, 0.1) is 6.92 Å². The van der Waals surface area contributed by atoms with E-state index in [1.165, 1.54) is 24.0 Å². The molecule has 3 nitrogen and oxygen atoms in total. The molecular weight excluding hydrogens is 198 g/mol. The number of fused-ring (bicyclic) bond motifs is 2. The quantitative estimate of drug-likeness (QED) is 0.810. The van der Waals surface area contributed by atoms with Gasteiger partial charge in [-0.15, -0.1) is 0 Å². The molecule has 2 fully saturated rings. The van der Waals surface area contributed by atoms with Crippen molar-refractivity contribution in [3.63, 3.8) is 0 Å². The smallest absolute Gasteiger partial charge is 0.0313 e. The van der Waals surface area contributed by atoms with Crippen LogP contribution in [0.5, 0.6) is 0 Å². The highest BCUT2D eigenvalue weighted by molar-refractivity contribution is 5.17. The monoisotopic (exact) mass is 217 g/mol. The highest BCUT2D eigenvalue weighted by Gasteiger charge is 2.35. The summed E-state index contributed by atoms with van der Waals surface area (Å²) in [4.78, 5) is 6.94. The lowest BCUT2D eigenvalue weighted by Gasteiger charge is -2.35. The third-order valence-corrected chi connectivity index (χ3v) is 3.83. The first-order valence-corrected chi connectivity index (χ1v) is 6.20. The van der Waals surface area contributed by atoms with Gasteiger partial charge >= 0.3 is 0 Å². The minimum absolute atomic E-state index is 0.749. The molecule has 1 aromatic rings. The Kier molecular flexibility index (Phi) is 2.65. The van der Waals surface area contributed by atoms with E-state index in [9.17, 15) is 0 Å². The summed E-state index contributed by atoms with van der Waals surface area (Å²) in [5.41, 5.74) is 2.62. The van der Waals surface area contributed by atoms with E-state index in [-0.39, 0.29) is 0 Å². The van der Waals surface area contributed by atoms with Gasteiger partial charge in [0, 0.05) is 44.1 Å². The predicted octanol–water partition coefficient (Wildman–Crippen LogP) is 1.33. The van der Waals surface area contributed by atoms with Crippen LogP contribution in [-0.4, -0.2) is 35.1 Å². The number of nitrogens with one attached hydrogen (secondary N) is 1. The topological polar surface area (TPSA) is 28.2 Å². The number of nitrogens with zero attached hydrogens (tertiary/aromatic N) is 2. The summed E-state index contributed by atoms with van der Waals surface area (Å²) in [5.74, 6) is 0. The first-order chi connectivity index (χ1) is 7.83. The Hall–Kier alpha value is -0.930. The van der Waals surface area contributed by atoms with Gasteiger partial charge in [0.25, 0.3) is 0 Å². The van der Waals surface area contributed by atoms with Gasteiger partial charge in [0.15, 0.2) is 0 Å². The Morgan fingerprint density at radius 1 is 1.31 bits per heavy atom. The molecule has 3 heterocycles. The lowest BCUT2D eigenvalue weighted by atomic mass is 10.1. The van der Waals surface area contributed by atoms with E-state index in [0.29, 0.717) is 0 Å². The molecule has 0 aliphatic carbocycles. The van der Waals surface area contributed by atoms with E-state index < -0.39 is 0 Å². The fraction of sp³-hybridized carbons (Fsp3) is 0.615. The zero-order chi connectivity index (χ0) is 11.0. The van der Waals surface area contributed by atoms with E-state index in [1.807, 2.05) is 12.4 Å². The molecule has 2 bridgehead atoms. The van der Waals surface area contributed by atoms with Crippen molar-refractivity contribution < 1.29 is 0 Å². The van der Waals surface area contributed by atoms with Crippen LogP contribution >= 0.6 is 0 Å². The number of aryl methyl sites for hydroxylation is 1. The third kappa shape index (κ3) is 1.85. The maximum Gasteiger partial charge on any atom is 0.0313 e. The maximum absolute atomic E-state index is 4.28. The summed E-state index contributed by atoms with van der Waals surface area (Å²) < 4.78 is 0. The summed E-state index contributed by atoms with van der Waals surface area (Å²) in [6.45, 7) is 5.51. The van der Waals surface area contributed by atoms with Gasteiger partial charge < -0.3 is 5.32 Å². The molecule has 86 valence electrons. The molecule has 1 aromatic heterocycles. The van der Waals surface area contributed by atoms with Crippen molar-refractivity contribution in [1.82, 2.24) is 15.2 Å². The molecule has 3 rings (SSSR count). The average Bonchev–Trinajstić information content (AvgIpc) is 2.51. The van der Waals surface area contributed by atoms with Gasteiger partial charge in [0.1, 0.15) is 0 Å². The van der Waals surface area contributed by atoms with E-state index in [0.717, 1.165) is 31.7 Å². The van der Waals surface area contributed by atoms with Crippen molar-refractivity contribution in [1.29, 1.82) is 0 Å². The van der Waals surface area contributed by atoms with Crippen LogP contribution in [0.4, 0.5) is 0 Å². The number of piperazine rings is 1. The number of pyridine rings is 1. The molecule has 3 heteroatoms. The molecular formula is C13H19N3. The number of rotatable bonds is 2. The van der Waals surface area contributed by atoms with E-state index in [4.69, 9.17) is 0 Å². The molecule has 0 spiro atoms. The van der Waals surface area contributed by atoms with Crippen molar-refractivity contribution in [2.45, 2.75) is 38.4 Å².